The zero-order valence-electron chi connectivity index (χ0n) is 11.0. The second kappa shape index (κ2) is 5.28. The Balaban J connectivity index is 2.48. The molecule has 0 aromatic heterocycles. The number of aromatic carboxylic acids is 1. The van der Waals surface area contributed by atoms with Crippen LogP contribution in [0.15, 0.2) is 36.4 Å². The topological polar surface area (TPSA) is 40.5 Å². The maximum Gasteiger partial charge on any atom is 0.338 e. The summed E-state index contributed by atoms with van der Waals surface area (Å²) in [5, 5.41) is 8.75. The van der Waals surface area contributed by atoms with Crippen molar-refractivity contribution in [1.82, 2.24) is 0 Å². The third kappa shape index (κ3) is 2.47. The molecule has 0 spiro atoms. The lowest BCUT2D eigenvalue weighted by Crippen LogP contribution is -2.14. The van der Waals surface area contributed by atoms with Gasteiger partial charge in [-0.1, -0.05) is 12.1 Å². The van der Waals surface area contributed by atoms with Crippen LogP contribution in [-0.4, -0.2) is 18.1 Å². The first-order valence-corrected chi connectivity index (χ1v) is 5.93. The van der Waals surface area contributed by atoms with Crippen molar-refractivity contribution in [3.05, 3.63) is 59.2 Å². The summed E-state index contributed by atoms with van der Waals surface area (Å²) < 4.78 is 27.7. The van der Waals surface area contributed by atoms with Crippen molar-refractivity contribution < 1.29 is 18.7 Å². The third-order valence-electron chi connectivity index (χ3n) is 3.04. The van der Waals surface area contributed by atoms with Crippen LogP contribution in [0.4, 0.5) is 20.2 Å². The number of rotatable bonds is 3. The van der Waals surface area contributed by atoms with Crippen LogP contribution in [0.25, 0.3) is 0 Å². The second-order valence-electron chi connectivity index (χ2n) is 4.46. The molecule has 0 bridgehead atoms. The van der Waals surface area contributed by atoms with E-state index in [1.54, 1.807) is 19.2 Å². The molecule has 0 radical (unpaired) electrons. The number of carboxylic acid groups (broad SMARTS) is 1. The van der Waals surface area contributed by atoms with E-state index in [0.29, 0.717) is 5.69 Å². The van der Waals surface area contributed by atoms with Gasteiger partial charge in [0.05, 0.1) is 11.3 Å². The molecule has 0 heterocycles. The molecule has 2 aromatic carbocycles. The maximum absolute atomic E-state index is 14.0. The van der Waals surface area contributed by atoms with E-state index >= 15 is 0 Å². The smallest absolute Gasteiger partial charge is 0.338 e. The molecule has 20 heavy (non-hydrogen) atoms. The number of halogens is 2. The predicted octanol–water partition coefficient (Wildman–Crippen LogP) is 3.74. The van der Waals surface area contributed by atoms with E-state index in [2.05, 4.69) is 0 Å². The highest BCUT2D eigenvalue weighted by molar-refractivity contribution is 5.88. The molecule has 0 aliphatic carbocycles. The number of hydrogen-bond donors (Lipinski definition) is 1. The summed E-state index contributed by atoms with van der Waals surface area (Å²) in [6, 6.07) is 9.59. The number of nitrogens with zero attached hydrogens (tertiary/aromatic N) is 1. The van der Waals surface area contributed by atoms with Crippen LogP contribution >= 0.6 is 0 Å². The number of aryl methyl sites for hydroxylation is 1. The minimum atomic E-state index is -1.49. The zero-order chi connectivity index (χ0) is 14.9. The Morgan fingerprint density at radius 2 is 1.85 bits per heavy atom. The Kier molecular flexibility index (Phi) is 3.70. The van der Waals surface area contributed by atoms with Gasteiger partial charge >= 0.3 is 5.97 Å². The Morgan fingerprint density at radius 3 is 2.45 bits per heavy atom. The van der Waals surface area contributed by atoms with Crippen molar-refractivity contribution in [3.8, 4) is 0 Å². The summed E-state index contributed by atoms with van der Waals surface area (Å²) in [6.07, 6.45) is 0. The van der Waals surface area contributed by atoms with E-state index in [4.69, 9.17) is 5.11 Å². The number of hydrogen-bond acceptors (Lipinski definition) is 2. The monoisotopic (exact) mass is 277 g/mol. The first-order chi connectivity index (χ1) is 9.41. The van der Waals surface area contributed by atoms with Gasteiger partial charge in [-0.2, -0.15) is 0 Å². The minimum Gasteiger partial charge on any atom is -0.478 e. The quantitative estimate of drug-likeness (QED) is 0.929. The van der Waals surface area contributed by atoms with Crippen LogP contribution in [0, 0.1) is 18.6 Å². The van der Waals surface area contributed by atoms with E-state index in [1.165, 1.54) is 11.0 Å². The largest absolute Gasteiger partial charge is 0.478 e. The molecule has 3 nitrogen and oxygen atoms in total. The molecule has 0 aliphatic rings. The zero-order valence-corrected chi connectivity index (χ0v) is 11.0. The molecule has 104 valence electrons. The fourth-order valence-electron chi connectivity index (χ4n) is 1.94. The van der Waals surface area contributed by atoms with Gasteiger partial charge < -0.3 is 10.0 Å². The van der Waals surface area contributed by atoms with Crippen molar-refractivity contribution in [3.63, 3.8) is 0 Å². The van der Waals surface area contributed by atoms with Gasteiger partial charge in [-0.3, -0.25) is 0 Å². The number of carbonyl (C=O) groups is 1. The van der Waals surface area contributed by atoms with Gasteiger partial charge in [-0.25, -0.2) is 13.6 Å². The van der Waals surface area contributed by atoms with Gasteiger partial charge in [0.25, 0.3) is 0 Å². The van der Waals surface area contributed by atoms with E-state index in [1.807, 2.05) is 19.1 Å². The first kappa shape index (κ1) is 14.0. The van der Waals surface area contributed by atoms with Crippen molar-refractivity contribution in [1.29, 1.82) is 0 Å². The van der Waals surface area contributed by atoms with E-state index in [0.717, 1.165) is 11.6 Å². The van der Waals surface area contributed by atoms with Crippen LogP contribution in [0.1, 0.15) is 15.9 Å². The van der Waals surface area contributed by atoms with Crippen LogP contribution in [0.5, 0.6) is 0 Å². The normalized spacial score (nSPS) is 10.4. The van der Waals surface area contributed by atoms with E-state index in [-0.39, 0.29) is 5.69 Å². The lowest BCUT2D eigenvalue weighted by atomic mass is 10.1. The Labute approximate surface area is 115 Å². The molecule has 0 saturated heterocycles. The molecule has 0 atom stereocenters. The summed E-state index contributed by atoms with van der Waals surface area (Å²) in [5.41, 5.74) is 0.978. The van der Waals surface area contributed by atoms with Gasteiger partial charge in [0, 0.05) is 12.7 Å². The number of benzene rings is 2. The van der Waals surface area contributed by atoms with Gasteiger partial charge in [0.1, 0.15) is 0 Å². The fourth-order valence-corrected chi connectivity index (χ4v) is 1.94. The molecule has 0 unspecified atom stereocenters. The summed E-state index contributed by atoms with van der Waals surface area (Å²) >= 11 is 0. The standard InChI is InChI=1S/C15H13F2NO2/c1-9-4-3-5-10(8-9)18(2)12-7-6-11(15(19)20)13(16)14(12)17/h3-8H,1-2H3,(H,19,20). The molecule has 2 rings (SSSR count). The fraction of sp³-hybridized carbons (Fsp3) is 0.133. The minimum absolute atomic E-state index is 0.0156. The lowest BCUT2D eigenvalue weighted by Gasteiger charge is -2.21. The number of anilines is 2. The number of carboxylic acids is 1. The van der Waals surface area contributed by atoms with Crippen molar-refractivity contribution in [2.45, 2.75) is 6.92 Å². The van der Waals surface area contributed by atoms with Crippen molar-refractivity contribution >= 4 is 17.3 Å². The molecule has 0 amide bonds. The Hall–Kier alpha value is -2.43. The SMILES string of the molecule is Cc1cccc(N(C)c2ccc(C(=O)O)c(F)c2F)c1. The van der Waals surface area contributed by atoms with Crippen LogP contribution in [0.2, 0.25) is 0 Å². The molecule has 0 fully saturated rings. The highest BCUT2D eigenvalue weighted by atomic mass is 19.2. The highest BCUT2D eigenvalue weighted by Crippen LogP contribution is 2.29. The summed E-state index contributed by atoms with van der Waals surface area (Å²) in [7, 11) is 1.59. The molecular formula is C15H13F2NO2. The average Bonchev–Trinajstić information content (AvgIpc) is 2.40. The predicted molar refractivity (Wildman–Crippen MR) is 72.6 cm³/mol. The second-order valence-corrected chi connectivity index (χ2v) is 4.46. The highest BCUT2D eigenvalue weighted by Gasteiger charge is 2.20. The van der Waals surface area contributed by atoms with Crippen LogP contribution in [0.3, 0.4) is 0 Å². The van der Waals surface area contributed by atoms with Crippen molar-refractivity contribution in [2.75, 3.05) is 11.9 Å². The molecule has 0 saturated carbocycles. The third-order valence-corrected chi connectivity index (χ3v) is 3.04. The maximum atomic E-state index is 14.0. The Morgan fingerprint density at radius 1 is 1.15 bits per heavy atom. The van der Waals surface area contributed by atoms with Gasteiger partial charge in [-0.15, -0.1) is 0 Å². The van der Waals surface area contributed by atoms with E-state index < -0.39 is 23.2 Å². The molecule has 2 aromatic rings. The molecule has 1 N–H and O–H groups in total. The lowest BCUT2D eigenvalue weighted by molar-refractivity contribution is 0.0690. The summed E-state index contributed by atoms with van der Waals surface area (Å²) in [6.45, 7) is 1.89. The van der Waals surface area contributed by atoms with Gasteiger partial charge in [0.2, 0.25) is 0 Å². The van der Waals surface area contributed by atoms with Crippen LogP contribution in [-0.2, 0) is 0 Å². The first-order valence-electron chi connectivity index (χ1n) is 5.93. The van der Waals surface area contributed by atoms with Gasteiger partial charge in [-0.05, 0) is 36.8 Å². The average molecular weight is 277 g/mol. The van der Waals surface area contributed by atoms with E-state index in [9.17, 15) is 13.6 Å². The van der Waals surface area contributed by atoms with Crippen LogP contribution < -0.4 is 4.90 Å². The molecule has 5 heteroatoms. The molecular weight excluding hydrogens is 264 g/mol. The molecule has 0 aliphatic heterocycles. The summed E-state index contributed by atoms with van der Waals surface area (Å²) in [5.74, 6) is -4.02. The Bertz CT molecular complexity index is 671. The van der Waals surface area contributed by atoms with Gasteiger partial charge in [0.15, 0.2) is 11.6 Å². The van der Waals surface area contributed by atoms with Crippen molar-refractivity contribution in [2.24, 2.45) is 0 Å². The summed E-state index contributed by atoms with van der Waals surface area (Å²) in [4.78, 5) is 12.2.